The van der Waals surface area contributed by atoms with E-state index in [0.29, 0.717) is 11.4 Å². The van der Waals surface area contributed by atoms with E-state index in [4.69, 9.17) is 4.74 Å². The normalized spacial score (nSPS) is 11.0. The van der Waals surface area contributed by atoms with Crippen LogP contribution in [0.25, 0.3) is 0 Å². The van der Waals surface area contributed by atoms with Crippen LogP contribution in [0.3, 0.4) is 0 Å². The van der Waals surface area contributed by atoms with Crippen molar-refractivity contribution in [2.45, 2.75) is 25.7 Å². The molecule has 0 unspecified atom stereocenters. The van der Waals surface area contributed by atoms with Crippen LogP contribution < -0.4 is 14.8 Å². The van der Waals surface area contributed by atoms with Crippen LogP contribution in [0.15, 0.2) is 71.6 Å². The minimum atomic E-state index is -3.71. The standard InChI is InChI=1S/C23H24N2O4S/c1-16-5-4-6-19(13-16)25-30(27,28)21-11-9-20(10-12-21)29-15-23(26)24-22-14-17(2)7-8-18(22)3/h4-14,25H,15H2,1-3H3,(H,24,26). The second kappa shape index (κ2) is 9.00. The molecule has 30 heavy (non-hydrogen) atoms. The molecule has 0 radical (unpaired) electrons. The summed E-state index contributed by atoms with van der Waals surface area (Å²) in [6.45, 7) is 5.58. The zero-order valence-corrected chi connectivity index (χ0v) is 17.9. The maximum Gasteiger partial charge on any atom is 0.262 e. The second-order valence-corrected chi connectivity index (χ2v) is 8.78. The Morgan fingerprint density at radius 2 is 1.60 bits per heavy atom. The van der Waals surface area contributed by atoms with Crippen LogP contribution in [0.4, 0.5) is 11.4 Å². The number of carbonyl (C=O) groups excluding carboxylic acids is 1. The summed E-state index contributed by atoms with van der Waals surface area (Å²) >= 11 is 0. The number of sulfonamides is 1. The summed E-state index contributed by atoms with van der Waals surface area (Å²) in [6.07, 6.45) is 0. The number of rotatable bonds is 7. The lowest BCUT2D eigenvalue weighted by Gasteiger charge is -2.11. The number of benzene rings is 3. The first-order valence-electron chi connectivity index (χ1n) is 9.42. The average Bonchev–Trinajstić information content (AvgIpc) is 2.69. The fourth-order valence-electron chi connectivity index (χ4n) is 2.84. The predicted octanol–water partition coefficient (Wildman–Crippen LogP) is 4.43. The Labute approximate surface area is 177 Å². The van der Waals surface area contributed by atoms with Crippen LogP contribution in [0.1, 0.15) is 16.7 Å². The first-order valence-corrected chi connectivity index (χ1v) is 10.9. The summed E-state index contributed by atoms with van der Waals surface area (Å²) in [4.78, 5) is 12.3. The number of carbonyl (C=O) groups is 1. The molecule has 0 saturated carbocycles. The lowest BCUT2D eigenvalue weighted by atomic mass is 10.1. The van der Waals surface area contributed by atoms with E-state index in [-0.39, 0.29) is 17.4 Å². The molecule has 3 aromatic rings. The highest BCUT2D eigenvalue weighted by Crippen LogP contribution is 2.20. The van der Waals surface area contributed by atoms with Crippen molar-refractivity contribution in [2.75, 3.05) is 16.6 Å². The molecule has 156 valence electrons. The average molecular weight is 425 g/mol. The SMILES string of the molecule is Cc1cccc(NS(=O)(=O)c2ccc(OCC(=O)Nc3cc(C)ccc3C)cc2)c1. The Kier molecular flexibility index (Phi) is 6.42. The van der Waals surface area contributed by atoms with Gasteiger partial charge >= 0.3 is 0 Å². The molecule has 7 heteroatoms. The van der Waals surface area contributed by atoms with Crippen molar-refractivity contribution in [1.29, 1.82) is 0 Å². The maximum absolute atomic E-state index is 12.5. The smallest absolute Gasteiger partial charge is 0.262 e. The highest BCUT2D eigenvalue weighted by Gasteiger charge is 2.14. The van der Waals surface area contributed by atoms with Crippen molar-refractivity contribution in [3.05, 3.63) is 83.4 Å². The van der Waals surface area contributed by atoms with Gasteiger partial charge in [-0.3, -0.25) is 9.52 Å². The first kappa shape index (κ1) is 21.4. The van der Waals surface area contributed by atoms with Crippen molar-refractivity contribution in [3.8, 4) is 5.75 Å². The molecule has 3 rings (SSSR count). The molecule has 6 nitrogen and oxygen atoms in total. The van der Waals surface area contributed by atoms with Gasteiger partial charge in [-0.2, -0.15) is 0 Å². The molecule has 0 aromatic heterocycles. The monoisotopic (exact) mass is 424 g/mol. The van der Waals surface area contributed by atoms with E-state index in [1.807, 2.05) is 45.0 Å². The molecular formula is C23H24N2O4S. The van der Waals surface area contributed by atoms with Crippen LogP contribution >= 0.6 is 0 Å². The molecule has 0 aliphatic carbocycles. The van der Waals surface area contributed by atoms with E-state index in [9.17, 15) is 13.2 Å². The van der Waals surface area contributed by atoms with E-state index >= 15 is 0 Å². The molecule has 0 heterocycles. The van der Waals surface area contributed by atoms with Gasteiger partial charge in [0.15, 0.2) is 6.61 Å². The van der Waals surface area contributed by atoms with Crippen molar-refractivity contribution < 1.29 is 17.9 Å². The predicted molar refractivity (Wildman–Crippen MR) is 118 cm³/mol. The second-order valence-electron chi connectivity index (χ2n) is 7.10. The fourth-order valence-corrected chi connectivity index (χ4v) is 3.89. The van der Waals surface area contributed by atoms with E-state index in [0.717, 1.165) is 22.4 Å². The highest BCUT2D eigenvalue weighted by molar-refractivity contribution is 7.92. The molecule has 0 aliphatic heterocycles. The van der Waals surface area contributed by atoms with E-state index in [2.05, 4.69) is 10.0 Å². The summed E-state index contributed by atoms with van der Waals surface area (Å²) in [5.41, 5.74) is 4.21. The quantitative estimate of drug-likeness (QED) is 0.588. The van der Waals surface area contributed by atoms with Crippen molar-refractivity contribution >= 4 is 27.3 Å². The van der Waals surface area contributed by atoms with E-state index < -0.39 is 10.0 Å². The minimum absolute atomic E-state index is 0.108. The van der Waals surface area contributed by atoms with Crippen molar-refractivity contribution in [3.63, 3.8) is 0 Å². The molecule has 1 amide bonds. The van der Waals surface area contributed by atoms with Crippen molar-refractivity contribution in [1.82, 2.24) is 0 Å². The van der Waals surface area contributed by atoms with Crippen LogP contribution in [0.5, 0.6) is 5.75 Å². The van der Waals surface area contributed by atoms with Crippen molar-refractivity contribution in [2.24, 2.45) is 0 Å². The van der Waals surface area contributed by atoms with Crippen LogP contribution in [-0.4, -0.2) is 20.9 Å². The Balaban J connectivity index is 1.60. The third-order valence-electron chi connectivity index (χ3n) is 4.44. The lowest BCUT2D eigenvalue weighted by molar-refractivity contribution is -0.118. The topological polar surface area (TPSA) is 84.5 Å². The van der Waals surface area contributed by atoms with E-state index in [1.54, 1.807) is 18.2 Å². The van der Waals surface area contributed by atoms with Gasteiger partial charge < -0.3 is 10.1 Å². The Bertz CT molecular complexity index is 1160. The van der Waals surface area contributed by atoms with Gasteiger partial charge in [0, 0.05) is 11.4 Å². The summed E-state index contributed by atoms with van der Waals surface area (Å²) in [7, 11) is -3.71. The molecule has 2 N–H and O–H groups in total. The third-order valence-corrected chi connectivity index (χ3v) is 5.84. The van der Waals surface area contributed by atoms with Gasteiger partial charge in [-0.15, -0.1) is 0 Å². The zero-order chi connectivity index (χ0) is 21.7. The molecule has 0 fully saturated rings. The number of aryl methyl sites for hydroxylation is 3. The Hall–Kier alpha value is -3.32. The molecule has 0 spiro atoms. The van der Waals surface area contributed by atoms with Gasteiger partial charge in [0.2, 0.25) is 0 Å². The molecule has 0 bridgehead atoms. The van der Waals surface area contributed by atoms with Gasteiger partial charge in [0.1, 0.15) is 5.75 Å². The number of hydrogen-bond donors (Lipinski definition) is 2. The van der Waals surface area contributed by atoms with Crippen LogP contribution in [0.2, 0.25) is 0 Å². The summed E-state index contributed by atoms with van der Waals surface area (Å²) < 4.78 is 33.1. The molecule has 0 aliphatic rings. The van der Waals surface area contributed by atoms with E-state index in [1.165, 1.54) is 24.3 Å². The Morgan fingerprint density at radius 1 is 0.900 bits per heavy atom. The van der Waals surface area contributed by atoms with Crippen LogP contribution in [-0.2, 0) is 14.8 Å². The van der Waals surface area contributed by atoms with Gasteiger partial charge in [0.25, 0.3) is 15.9 Å². The maximum atomic E-state index is 12.5. The molecular weight excluding hydrogens is 400 g/mol. The lowest BCUT2D eigenvalue weighted by Crippen LogP contribution is -2.20. The first-order chi connectivity index (χ1) is 14.2. The minimum Gasteiger partial charge on any atom is -0.484 e. The molecule has 0 atom stereocenters. The number of hydrogen-bond acceptors (Lipinski definition) is 4. The number of amides is 1. The zero-order valence-electron chi connectivity index (χ0n) is 17.1. The summed E-state index contributed by atoms with van der Waals surface area (Å²) in [5, 5.41) is 2.82. The number of nitrogens with one attached hydrogen (secondary N) is 2. The largest absolute Gasteiger partial charge is 0.484 e. The highest BCUT2D eigenvalue weighted by atomic mass is 32.2. The summed E-state index contributed by atoms with van der Waals surface area (Å²) in [6, 6.07) is 18.9. The number of ether oxygens (including phenoxy) is 1. The Morgan fingerprint density at radius 3 is 2.30 bits per heavy atom. The van der Waals surface area contributed by atoms with Gasteiger partial charge in [0.05, 0.1) is 4.90 Å². The fraction of sp³-hybridized carbons (Fsp3) is 0.174. The molecule has 0 saturated heterocycles. The molecule has 3 aromatic carbocycles. The van der Waals surface area contributed by atoms with Gasteiger partial charge in [-0.05, 0) is 79.9 Å². The summed E-state index contributed by atoms with van der Waals surface area (Å²) in [5.74, 6) is 0.113. The van der Waals surface area contributed by atoms with Gasteiger partial charge in [-0.25, -0.2) is 8.42 Å². The van der Waals surface area contributed by atoms with Gasteiger partial charge in [-0.1, -0.05) is 24.3 Å². The van der Waals surface area contributed by atoms with Crippen LogP contribution in [0, 0.1) is 20.8 Å². The number of anilines is 2. The third kappa shape index (κ3) is 5.61.